The molecule has 43 heavy (non-hydrogen) atoms. The fraction of sp³-hybridized carbons (Fsp3) is 0.188. The van der Waals surface area contributed by atoms with Gasteiger partial charge in [0.25, 0.3) is 5.91 Å². The summed E-state index contributed by atoms with van der Waals surface area (Å²) in [5.74, 6) is -0.299. The van der Waals surface area contributed by atoms with Gasteiger partial charge >= 0.3 is 0 Å². The molecule has 2 N–H and O–H groups in total. The van der Waals surface area contributed by atoms with Gasteiger partial charge in [-0.25, -0.2) is 12.8 Å². The van der Waals surface area contributed by atoms with E-state index < -0.39 is 10.0 Å². The van der Waals surface area contributed by atoms with Gasteiger partial charge in [-0.3, -0.25) is 14.1 Å². The summed E-state index contributed by atoms with van der Waals surface area (Å²) in [6, 6.07) is 17.2. The van der Waals surface area contributed by atoms with Crippen LogP contribution in [0.2, 0.25) is 5.02 Å². The Morgan fingerprint density at radius 2 is 1.88 bits per heavy atom. The van der Waals surface area contributed by atoms with Crippen molar-refractivity contribution in [3.05, 3.63) is 100 Å². The Bertz CT molecular complexity index is 2030. The van der Waals surface area contributed by atoms with Gasteiger partial charge in [0.15, 0.2) is 0 Å². The highest BCUT2D eigenvalue weighted by Crippen LogP contribution is 2.44. The third-order valence-electron chi connectivity index (χ3n) is 7.79. The smallest absolute Gasteiger partial charge is 0.255 e. The van der Waals surface area contributed by atoms with Crippen LogP contribution >= 0.6 is 11.6 Å². The zero-order chi connectivity index (χ0) is 30.6. The minimum Gasteiger partial charge on any atom is -0.455 e. The predicted octanol–water partition coefficient (Wildman–Crippen LogP) is 6.73. The zero-order valence-electron chi connectivity index (χ0n) is 23.8. The molecule has 1 aliphatic rings. The number of carbonyl (C=O) groups is 1. The van der Waals surface area contributed by atoms with Crippen LogP contribution < -0.4 is 14.9 Å². The number of nitrogens with zero attached hydrogens (tertiary/aromatic N) is 2. The second-order valence-electron chi connectivity index (χ2n) is 10.6. The number of furan rings is 1. The normalized spacial score (nSPS) is 14.4. The highest BCUT2D eigenvalue weighted by atomic mass is 35.5. The quantitative estimate of drug-likeness (QED) is 0.219. The number of anilines is 2. The van der Waals surface area contributed by atoms with Crippen LogP contribution in [0.1, 0.15) is 33.2 Å². The number of rotatable bonds is 6. The Balaban J connectivity index is 1.58. The molecule has 1 aliphatic heterocycles. The summed E-state index contributed by atoms with van der Waals surface area (Å²) < 4.78 is 47.5. The molecule has 6 rings (SSSR count). The minimum atomic E-state index is -3.72. The van der Waals surface area contributed by atoms with Gasteiger partial charge in [-0.1, -0.05) is 47.5 Å². The summed E-state index contributed by atoms with van der Waals surface area (Å²) in [6.07, 6.45) is 2.98. The fourth-order valence-electron chi connectivity index (χ4n) is 5.42. The summed E-state index contributed by atoms with van der Waals surface area (Å²) in [4.78, 5) is 17.8. The van der Waals surface area contributed by atoms with E-state index in [0.29, 0.717) is 68.0 Å². The van der Waals surface area contributed by atoms with E-state index in [4.69, 9.17) is 16.0 Å². The molecule has 11 heteroatoms. The molecule has 5 aromatic rings. The Morgan fingerprint density at radius 3 is 2.56 bits per heavy atom. The molecule has 0 spiro atoms. The number of benzene rings is 3. The van der Waals surface area contributed by atoms with Gasteiger partial charge < -0.3 is 15.1 Å². The van der Waals surface area contributed by atoms with Crippen molar-refractivity contribution >= 4 is 49.9 Å². The molecular formula is C32H28ClFN4O4S. The number of hydrogen-bond acceptors (Lipinski definition) is 6. The van der Waals surface area contributed by atoms with Crippen molar-refractivity contribution in [2.24, 2.45) is 0 Å². The van der Waals surface area contributed by atoms with Gasteiger partial charge in [0.1, 0.15) is 17.2 Å². The molecule has 0 bridgehead atoms. The van der Waals surface area contributed by atoms with Crippen molar-refractivity contribution in [1.82, 2.24) is 10.3 Å². The van der Waals surface area contributed by atoms with Crippen LogP contribution in [-0.4, -0.2) is 39.7 Å². The Morgan fingerprint density at radius 1 is 1.14 bits per heavy atom. The first-order valence-electron chi connectivity index (χ1n) is 13.5. The lowest BCUT2D eigenvalue weighted by Gasteiger charge is -2.22. The molecular weight excluding hydrogens is 591 g/mol. The molecule has 0 radical (unpaired) electrons. The maximum absolute atomic E-state index is 14.5. The number of aryl methyl sites for hydroxylation is 1. The van der Waals surface area contributed by atoms with E-state index in [1.54, 1.807) is 24.3 Å². The molecule has 0 saturated carbocycles. The van der Waals surface area contributed by atoms with Crippen LogP contribution in [0.5, 0.6) is 0 Å². The number of aromatic nitrogens is 1. The van der Waals surface area contributed by atoms with Crippen molar-refractivity contribution < 1.29 is 22.0 Å². The van der Waals surface area contributed by atoms with Gasteiger partial charge in [0.05, 0.1) is 34.3 Å². The molecule has 220 valence electrons. The van der Waals surface area contributed by atoms with Gasteiger partial charge in [-0.2, -0.15) is 0 Å². The molecule has 0 fully saturated rings. The van der Waals surface area contributed by atoms with Crippen LogP contribution in [0, 0.1) is 12.7 Å². The Hall–Kier alpha value is -4.41. The second-order valence-corrected chi connectivity index (χ2v) is 13.0. The van der Waals surface area contributed by atoms with Crippen molar-refractivity contribution in [1.29, 1.82) is 0 Å². The summed E-state index contributed by atoms with van der Waals surface area (Å²) >= 11 is 6.73. The van der Waals surface area contributed by atoms with Crippen LogP contribution in [0.4, 0.5) is 15.8 Å². The average molecular weight is 619 g/mol. The van der Waals surface area contributed by atoms with E-state index in [-0.39, 0.29) is 22.8 Å². The number of amides is 1. The lowest BCUT2D eigenvalue weighted by Crippen LogP contribution is -2.25. The lowest BCUT2D eigenvalue weighted by atomic mass is 9.97. The molecule has 1 atom stereocenters. The SMILES string of the molecule is CNC(=O)c1c(-c2ccc(C)cc2)oc2cc(N(C)S(C)(=O)=O)c(-c3cc(C4Cc5c(F)cccc5N4)ncc3Cl)cc12. The highest BCUT2D eigenvalue weighted by Gasteiger charge is 2.29. The van der Waals surface area contributed by atoms with Gasteiger partial charge in [0, 0.05) is 66.1 Å². The minimum absolute atomic E-state index is 0.275. The standard InChI is InChI=1S/C32H28ClFN4O4S/c1-17-8-10-18(11-9-17)31-30(32(39)35-2)22-12-20(28(15-29(22)42-31)38(3)43(4,40)41)19-13-26(36-16-23(19)33)27-14-21-24(34)6-5-7-25(21)37-27/h5-13,15-16,27,37H,14H2,1-4H3,(H,35,39). The van der Waals surface area contributed by atoms with Crippen LogP contribution in [-0.2, 0) is 16.4 Å². The fourth-order valence-corrected chi connectivity index (χ4v) is 6.13. The first kappa shape index (κ1) is 28.7. The first-order chi connectivity index (χ1) is 20.5. The van der Waals surface area contributed by atoms with Crippen LogP contribution in [0.3, 0.4) is 0 Å². The summed E-state index contributed by atoms with van der Waals surface area (Å²) in [6.45, 7) is 1.96. The Kier molecular flexibility index (Phi) is 7.14. The van der Waals surface area contributed by atoms with Crippen molar-refractivity contribution in [3.8, 4) is 22.5 Å². The maximum atomic E-state index is 14.5. The molecule has 8 nitrogen and oxygen atoms in total. The molecule has 2 aromatic heterocycles. The van der Waals surface area contributed by atoms with E-state index in [1.165, 1.54) is 26.4 Å². The first-order valence-corrected chi connectivity index (χ1v) is 15.7. The van der Waals surface area contributed by atoms with E-state index in [1.807, 2.05) is 37.3 Å². The maximum Gasteiger partial charge on any atom is 0.255 e. The number of halogens is 2. The molecule has 1 unspecified atom stereocenters. The number of hydrogen-bond donors (Lipinski definition) is 2. The molecule has 3 heterocycles. The number of fused-ring (bicyclic) bond motifs is 2. The summed E-state index contributed by atoms with van der Waals surface area (Å²) in [5, 5.41) is 6.77. The molecule has 3 aromatic carbocycles. The van der Waals surface area contributed by atoms with Gasteiger partial charge in [-0.15, -0.1) is 0 Å². The Labute approximate surface area is 253 Å². The summed E-state index contributed by atoms with van der Waals surface area (Å²) in [7, 11) is -0.738. The predicted molar refractivity (Wildman–Crippen MR) is 168 cm³/mol. The monoisotopic (exact) mass is 618 g/mol. The van der Waals surface area contributed by atoms with Crippen molar-refractivity contribution in [2.75, 3.05) is 30.0 Å². The van der Waals surface area contributed by atoms with Crippen LogP contribution in [0.15, 0.2) is 71.3 Å². The lowest BCUT2D eigenvalue weighted by molar-refractivity contribution is 0.0964. The molecule has 0 saturated heterocycles. The van der Waals surface area contributed by atoms with Gasteiger partial charge in [-0.05, 0) is 31.2 Å². The largest absolute Gasteiger partial charge is 0.455 e. The van der Waals surface area contributed by atoms with E-state index >= 15 is 0 Å². The van der Waals surface area contributed by atoms with E-state index in [2.05, 4.69) is 15.6 Å². The third kappa shape index (κ3) is 5.10. The highest BCUT2D eigenvalue weighted by molar-refractivity contribution is 7.92. The molecule has 1 amide bonds. The topological polar surface area (TPSA) is 105 Å². The zero-order valence-corrected chi connectivity index (χ0v) is 25.4. The average Bonchev–Trinajstić information content (AvgIpc) is 3.58. The van der Waals surface area contributed by atoms with Crippen molar-refractivity contribution in [2.45, 2.75) is 19.4 Å². The van der Waals surface area contributed by atoms with Gasteiger partial charge in [0.2, 0.25) is 10.0 Å². The van der Waals surface area contributed by atoms with E-state index in [0.717, 1.165) is 16.1 Å². The number of nitrogens with one attached hydrogen (secondary N) is 2. The van der Waals surface area contributed by atoms with Crippen LogP contribution in [0.25, 0.3) is 33.4 Å². The van der Waals surface area contributed by atoms with E-state index in [9.17, 15) is 17.6 Å². The second kappa shape index (κ2) is 10.7. The number of carbonyl (C=O) groups excluding carboxylic acids is 1. The number of sulfonamides is 1. The number of pyridine rings is 1. The third-order valence-corrected chi connectivity index (χ3v) is 9.28. The summed E-state index contributed by atoms with van der Waals surface area (Å²) in [5.41, 5.74) is 5.51. The van der Waals surface area contributed by atoms with Crippen molar-refractivity contribution in [3.63, 3.8) is 0 Å². The molecule has 0 aliphatic carbocycles.